The number of thiazole rings is 1. The minimum Gasteiger partial charge on any atom is -0.365 e. The Hall–Kier alpha value is -2.34. The Balaban J connectivity index is 1.32. The van der Waals surface area contributed by atoms with Crippen molar-refractivity contribution in [2.45, 2.75) is 55.7 Å². The second-order valence-corrected chi connectivity index (χ2v) is 13.0. The zero-order valence-electron chi connectivity index (χ0n) is 19.5. The number of nitrogens with one attached hydrogen (secondary N) is 3. The van der Waals surface area contributed by atoms with Crippen LogP contribution in [0, 0.1) is 0 Å². The van der Waals surface area contributed by atoms with Crippen LogP contribution in [0.5, 0.6) is 0 Å². The first-order chi connectivity index (χ1) is 17.0. The van der Waals surface area contributed by atoms with Gasteiger partial charge in [-0.25, -0.2) is 22.7 Å². The van der Waals surface area contributed by atoms with Crippen molar-refractivity contribution < 1.29 is 8.42 Å². The van der Waals surface area contributed by atoms with Crippen molar-refractivity contribution in [2.75, 3.05) is 31.5 Å². The van der Waals surface area contributed by atoms with Gasteiger partial charge < -0.3 is 15.6 Å². The smallest absolute Gasteiger partial charge is 0.263 e. The zero-order valence-corrected chi connectivity index (χ0v) is 21.1. The number of hydrogen-bond acceptors (Lipinski definition) is 8. The fraction of sp³-hybridized carbons (Fsp3) is 0.542. The highest BCUT2D eigenvalue weighted by Crippen LogP contribution is 2.36. The molecule has 1 saturated carbocycles. The first kappa shape index (κ1) is 23.1. The van der Waals surface area contributed by atoms with Crippen LogP contribution in [0.1, 0.15) is 50.3 Å². The van der Waals surface area contributed by atoms with E-state index < -0.39 is 10.0 Å². The molecule has 0 bridgehead atoms. The van der Waals surface area contributed by atoms with E-state index in [-0.39, 0.29) is 22.8 Å². The molecule has 3 aliphatic rings. The highest BCUT2D eigenvalue weighted by Gasteiger charge is 2.41. The maximum atomic E-state index is 13.5. The molecule has 0 radical (unpaired) electrons. The van der Waals surface area contributed by atoms with Gasteiger partial charge in [0.05, 0.1) is 15.5 Å². The number of aromatic nitrogens is 3. The molecule has 186 valence electrons. The van der Waals surface area contributed by atoms with E-state index >= 15 is 0 Å². The Morgan fingerprint density at radius 2 is 1.86 bits per heavy atom. The van der Waals surface area contributed by atoms with Crippen LogP contribution in [0.15, 0.2) is 29.1 Å². The van der Waals surface area contributed by atoms with Crippen LogP contribution < -0.4 is 16.2 Å². The summed E-state index contributed by atoms with van der Waals surface area (Å²) in [6.07, 6.45) is 4.93. The number of benzene rings is 1. The maximum Gasteiger partial charge on any atom is 0.263 e. The molecule has 9 nitrogen and oxygen atoms in total. The molecule has 0 unspecified atom stereocenters. The molecule has 1 aromatic carbocycles. The van der Waals surface area contributed by atoms with Crippen molar-refractivity contribution in [1.82, 2.24) is 24.6 Å². The van der Waals surface area contributed by atoms with E-state index in [0.717, 1.165) is 49.0 Å². The van der Waals surface area contributed by atoms with Crippen LogP contribution >= 0.6 is 11.3 Å². The lowest BCUT2D eigenvalue weighted by atomic mass is 9.97. The molecule has 3 fully saturated rings. The van der Waals surface area contributed by atoms with Gasteiger partial charge in [-0.05, 0) is 57.2 Å². The summed E-state index contributed by atoms with van der Waals surface area (Å²) in [7, 11) is -3.17. The molecule has 0 spiro atoms. The normalized spacial score (nSPS) is 22.5. The molecular weight excluding hydrogens is 484 g/mol. The van der Waals surface area contributed by atoms with Crippen LogP contribution in [0.2, 0.25) is 0 Å². The van der Waals surface area contributed by atoms with Gasteiger partial charge in [0, 0.05) is 31.6 Å². The first-order valence-corrected chi connectivity index (χ1v) is 14.8. The lowest BCUT2D eigenvalue weighted by Crippen LogP contribution is -2.40. The number of para-hydroxylation sites is 1. The molecule has 2 aliphatic heterocycles. The van der Waals surface area contributed by atoms with Gasteiger partial charge in [0.15, 0.2) is 0 Å². The van der Waals surface area contributed by atoms with Crippen molar-refractivity contribution in [3.8, 4) is 10.6 Å². The minimum atomic E-state index is -3.17. The summed E-state index contributed by atoms with van der Waals surface area (Å²) in [5.41, 5.74) is 1.15. The van der Waals surface area contributed by atoms with Gasteiger partial charge in [-0.15, -0.1) is 11.3 Å². The standard InChI is InChI=1S/C24H30N6O3S2/c31-23-20(24-27-18-5-1-2-6-19(18)34-24)22(26-16-4-3-11-25-14-16)28-21(29-23)15-9-12-30(13-10-15)35(32,33)17-7-8-17/h1-2,5-6,15-17,25H,3-4,7-14H2,(H2,26,28,29,31)/t16-/m1/s1. The molecule has 3 N–H and O–H groups in total. The number of fused-ring (bicyclic) bond motifs is 1. The van der Waals surface area contributed by atoms with Crippen LogP contribution in [0.25, 0.3) is 20.8 Å². The third kappa shape index (κ3) is 4.62. The van der Waals surface area contributed by atoms with E-state index in [4.69, 9.17) is 9.97 Å². The highest BCUT2D eigenvalue weighted by atomic mass is 32.2. The average Bonchev–Trinajstić information content (AvgIpc) is 3.65. The fourth-order valence-corrected chi connectivity index (χ4v) is 7.98. The summed E-state index contributed by atoms with van der Waals surface area (Å²) in [5.74, 6) is 1.22. The van der Waals surface area contributed by atoms with Crippen LogP contribution in [0.4, 0.5) is 5.82 Å². The molecule has 1 aliphatic carbocycles. The highest BCUT2D eigenvalue weighted by molar-refractivity contribution is 7.90. The van der Waals surface area contributed by atoms with Gasteiger partial charge in [0.1, 0.15) is 22.2 Å². The zero-order chi connectivity index (χ0) is 24.0. The third-order valence-electron chi connectivity index (χ3n) is 7.23. The molecule has 2 aromatic heterocycles. The fourth-order valence-electron chi connectivity index (χ4n) is 5.09. The second kappa shape index (κ2) is 9.27. The number of piperidine rings is 2. The first-order valence-electron chi connectivity index (χ1n) is 12.5. The average molecular weight is 515 g/mol. The summed E-state index contributed by atoms with van der Waals surface area (Å²) >= 11 is 1.49. The number of H-pyrrole nitrogens is 1. The maximum absolute atomic E-state index is 13.5. The topological polar surface area (TPSA) is 120 Å². The number of rotatable bonds is 6. The monoisotopic (exact) mass is 514 g/mol. The molecule has 11 heteroatoms. The molecule has 0 amide bonds. The van der Waals surface area contributed by atoms with Gasteiger partial charge in [-0.2, -0.15) is 0 Å². The molecule has 4 heterocycles. The number of nitrogens with zero attached hydrogens (tertiary/aromatic N) is 3. The lowest BCUT2D eigenvalue weighted by molar-refractivity contribution is 0.313. The van der Waals surface area contributed by atoms with Gasteiger partial charge >= 0.3 is 0 Å². The molecule has 35 heavy (non-hydrogen) atoms. The summed E-state index contributed by atoms with van der Waals surface area (Å²) < 4.78 is 27.9. The van der Waals surface area contributed by atoms with Crippen LogP contribution in [0.3, 0.4) is 0 Å². The Bertz CT molecular complexity index is 1350. The SMILES string of the molecule is O=c1[nH]c(C2CCN(S(=O)(=O)C3CC3)CC2)nc(N[C@@H]2CCCNC2)c1-c1nc2ccccc2s1. The van der Waals surface area contributed by atoms with Crippen LogP contribution in [-0.4, -0.2) is 65.1 Å². The summed E-state index contributed by atoms with van der Waals surface area (Å²) in [6, 6.07) is 8.06. The Labute approximate surface area is 208 Å². The number of sulfonamides is 1. The van der Waals surface area contributed by atoms with Crippen LogP contribution in [-0.2, 0) is 10.0 Å². The molecular formula is C24H30N6O3S2. The number of aromatic amines is 1. The largest absolute Gasteiger partial charge is 0.365 e. The molecule has 1 atom stereocenters. The van der Waals surface area contributed by atoms with Gasteiger partial charge in [0.2, 0.25) is 10.0 Å². The Morgan fingerprint density at radius 3 is 2.57 bits per heavy atom. The van der Waals surface area contributed by atoms with Crippen molar-refractivity contribution >= 4 is 37.4 Å². The van der Waals surface area contributed by atoms with Crippen molar-refractivity contribution in [3.05, 3.63) is 40.4 Å². The van der Waals surface area contributed by atoms with E-state index in [2.05, 4.69) is 15.6 Å². The Kier molecular flexibility index (Phi) is 6.11. The molecule has 6 rings (SSSR count). The van der Waals surface area contributed by atoms with Crippen molar-refractivity contribution in [3.63, 3.8) is 0 Å². The van der Waals surface area contributed by atoms with E-state index in [0.29, 0.717) is 48.1 Å². The van der Waals surface area contributed by atoms with E-state index in [1.54, 1.807) is 4.31 Å². The summed E-state index contributed by atoms with van der Waals surface area (Å²) in [4.78, 5) is 26.1. The molecule has 3 aromatic rings. The third-order valence-corrected chi connectivity index (χ3v) is 10.7. The minimum absolute atomic E-state index is 0.0165. The Morgan fingerprint density at radius 1 is 1.06 bits per heavy atom. The van der Waals surface area contributed by atoms with Crippen molar-refractivity contribution in [1.29, 1.82) is 0 Å². The number of anilines is 1. The van der Waals surface area contributed by atoms with E-state index in [1.165, 1.54) is 11.3 Å². The predicted molar refractivity (Wildman–Crippen MR) is 138 cm³/mol. The van der Waals surface area contributed by atoms with Gasteiger partial charge in [-0.1, -0.05) is 12.1 Å². The van der Waals surface area contributed by atoms with E-state index in [9.17, 15) is 13.2 Å². The number of hydrogen-bond donors (Lipinski definition) is 3. The van der Waals surface area contributed by atoms with E-state index in [1.807, 2.05) is 24.3 Å². The quantitative estimate of drug-likeness (QED) is 0.463. The lowest BCUT2D eigenvalue weighted by Gasteiger charge is -2.31. The molecule has 2 saturated heterocycles. The van der Waals surface area contributed by atoms with Crippen molar-refractivity contribution in [2.24, 2.45) is 0 Å². The summed E-state index contributed by atoms with van der Waals surface area (Å²) in [6.45, 7) is 2.77. The van der Waals surface area contributed by atoms with Gasteiger partial charge in [-0.3, -0.25) is 4.79 Å². The summed E-state index contributed by atoms with van der Waals surface area (Å²) in [5, 5.41) is 7.41. The predicted octanol–water partition coefficient (Wildman–Crippen LogP) is 2.88. The van der Waals surface area contributed by atoms with Gasteiger partial charge in [0.25, 0.3) is 5.56 Å². The second-order valence-electron chi connectivity index (χ2n) is 9.77.